The molecule has 0 fully saturated rings. The molecule has 0 aliphatic carbocycles. The Balaban J connectivity index is 2.59. The Kier molecular flexibility index (Phi) is 3.34. The number of halogens is 1. The maximum atomic E-state index is 12.9. The van der Waals surface area contributed by atoms with Crippen molar-refractivity contribution < 1.29 is 9.18 Å². The lowest BCUT2D eigenvalue weighted by Crippen LogP contribution is -2.14. The third kappa shape index (κ3) is 2.36. The van der Waals surface area contributed by atoms with Gasteiger partial charge in [0.15, 0.2) is 0 Å². The van der Waals surface area contributed by atoms with Crippen LogP contribution in [0.15, 0.2) is 36.5 Å². The van der Waals surface area contributed by atoms with Crippen molar-refractivity contribution in [2.75, 3.05) is 0 Å². The second kappa shape index (κ2) is 4.93. The Morgan fingerprint density at radius 1 is 1.28 bits per heavy atom. The quantitative estimate of drug-likeness (QED) is 0.858. The molecule has 5 heteroatoms. The van der Waals surface area contributed by atoms with Crippen LogP contribution in [0.3, 0.4) is 0 Å². The summed E-state index contributed by atoms with van der Waals surface area (Å²) in [4.78, 5) is 15.4. The molecule has 92 valence electrons. The Bertz CT molecular complexity index is 581. The van der Waals surface area contributed by atoms with E-state index < -0.39 is 5.91 Å². The van der Waals surface area contributed by atoms with Gasteiger partial charge in [-0.15, -0.1) is 0 Å². The Morgan fingerprint density at radius 2 is 1.94 bits per heavy atom. The van der Waals surface area contributed by atoms with Crippen molar-refractivity contribution in [1.29, 1.82) is 0 Å². The molecule has 1 aromatic heterocycles. The maximum absolute atomic E-state index is 12.9. The van der Waals surface area contributed by atoms with Crippen molar-refractivity contribution in [3.63, 3.8) is 0 Å². The van der Waals surface area contributed by atoms with Gasteiger partial charge in [-0.2, -0.15) is 0 Å². The topological polar surface area (TPSA) is 82.0 Å². The van der Waals surface area contributed by atoms with Crippen molar-refractivity contribution >= 4 is 5.91 Å². The smallest absolute Gasteiger partial charge is 0.250 e. The van der Waals surface area contributed by atoms with Gasteiger partial charge in [-0.25, -0.2) is 4.39 Å². The number of carbonyl (C=O) groups excluding carboxylic acids is 1. The van der Waals surface area contributed by atoms with Crippen LogP contribution in [-0.2, 0) is 6.54 Å². The molecule has 1 heterocycles. The number of hydrogen-bond donors (Lipinski definition) is 2. The van der Waals surface area contributed by atoms with Crippen molar-refractivity contribution in [2.24, 2.45) is 11.5 Å². The Labute approximate surface area is 103 Å². The lowest BCUT2D eigenvalue weighted by Gasteiger charge is -2.08. The van der Waals surface area contributed by atoms with E-state index in [0.717, 1.165) is 0 Å². The van der Waals surface area contributed by atoms with Gasteiger partial charge in [0.05, 0.1) is 11.3 Å². The predicted octanol–water partition coefficient (Wildman–Crippen LogP) is 1.45. The van der Waals surface area contributed by atoms with Gasteiger partial charge in [0.2, 0.25) is 0 Å². The zero-order chi connectivity index (χ0) is 13.1. The molecule has 2 rings (SSSR count). The number of primary amides is 1. The van der Waals surface area contributed by atoms with E-state index in [1.807, 2.05) is 0 Å². The third-order valence-corrected chi connectivity index (χ3v) is 2.59. The number of nitrogens with zero attached hydrogens (tertiary/aromatic N) is 1. The van der Waals surface area contributed by atoms with Crippen LogP contribution in [0, 0.1) is 5.82 Å². The van der Waals surface area contributed by atoms with Crippen molar-refractivity contribution in [1.82, 2.24) is 4.98 Å². The van der Waals surface area contributed by atoms with E-state index >= 15 is 0 Å². The van der Waals surface area contributed by atoms with Crippen molar-refractivity contribution in [2.45, 2.75) is 6.54 Å². The summed E-state index contributed by atoms with van der Waals surface area (Å²) in [5.74, 6) is -0.919. The summed E-state index contributed by atoms with van der Waals surface area (Å²) in [6, 6.07) is 7.49. The van der Waals surface area contributed by atoms with Crippen LogP contribution in [0.2, 0.25) is 0 Å². The Hall–Kier alpha value is -2.27. The standard InChI is InChI=1S/C13H12FN3O/c14-9-3-1-8(2-4-9)11-5-10(6-15)17-7-12(11)13(16)18/h1-5,7H,6,15H2,(H2,16,18). The first kappa shape index (κ1) is 12.2. The van der Waals surface area contributed by atoms with Crippen LogP contribution in [0.5, 0.6) is 0 Å². The fourth-order valence-electron chi connectivity index (χ4n) is 1.67. The van der Waals surface area contributed by atoms with Crippen LogP contribution in [0.4, 0.5) is 4.39 Å². The number of amides is 1. The molecular formula is C13H12FN3O. The fourth-order valence-corrected chi connectivity index (χ4v) is 1.67. The van der Waals surface area contributed by atoms with E-state index in [1.54, 1.807) is 18.2 Å². The normalized spacial score (nSPS) is 10.3. The summed E-state index contributed by atoms with van der Waals surface area (Å²) in [7, 11) is 0. The molecule has 2 aromatic rings. The number of hydrogen-bond acceptors (Lipinski definition) is 3. The van der Waals surface area contributed by atoms with E-state index in [1.165, 1.54) is 18.3 Å². The zero-order valence-corrected chi connectivity index (χ0v) is 9.56. The number of aromatic nitrogens is 1. The van der Waals surface area contributed by atoms with Gasteiger partial charge in [0, 0.05) is 12.7 Å². The molecular weight excluding hydrogens is 233 g/mol. The minimum atomic E-state index is -0.578. The van der Waals surface area contributed by atoms with Gasteiger partial charge in [-0.05, 0) is 29.3 Å². The van der Waals surface area contributed by atoms with Gasteiger partial charge >= 0.3 is 0 Å². The van der Waals surface area contributed by atoms with Crippen molar-refractivity contribution in [3.8, 4) is 11.1 Å². The van der Waals surface area contributed by atoms with E-state index in [4.69, 9.17) is 11.5 Å². The molecule has 0 aliphatic heterocycles. The largest absolute Gasteiger partial charge is 0.366 e. The maximum Gasteiger partial charge on any atom is 0.250 e. The third-order valence-electron chi connectivity index (χ3n) is 2.59. The first-order chi connectivity index (χ1) is 8.61. The molecule has 0 spiro atoms. The summed E-state index contributed by atoms with van der Waals surface area (Å²) in [6.45, 7) is 0.257. The first-order valence-corrected chi connectivity index (χ1v) is 5.36. The minimum absolute atomic E-state index is 0.257. The van der Waals surface area contributed by atoms with E-state index in [0.29, 0.717) is 22.4 Å². The molecule has 0 saturated heterocycles. The highest BCUT2D eigenvalue weighted by atomic mass is 19.1. The minimum Gasteiger partial charge on any atom is -0.366 e. The SMILES string of the molecule is NCc1cc(-c2ccc(F)cc2)c(C(N)=O)cn1. The van der Waals surface area contributed by atoms with Gasteiger partial charge < -0.3 is 11.5 Å². The highest BCUT2D eigenvalue weighted by molar-refractivity contribution is 5.99. The average molecular weight is 245 g/mol. The summed E-state index contributed by atoms with van der Waals surface area (Å²) >= 11 is 0. The fraction of sp³-hybridized carbons (Fsp3) is 0.0769. The number of pyridine rings is 1. The van der Waals surface area contributed by atoms with Crippen LogP contribution in [-0.4, -0.2) is 10.9 Å². The molecule has 4 nitrogen and oxygen atoms in total. The van der Waals surface area contributed by atoms with Crippen LogP contribution >= 0.6 is 0 Å². The molecule has 0 radical (unpaired) electrons. The summed E-state index contributed by atoms with van der Waals surface area (Å²) in [5, 5.41) is 0. The molecule has 0 unspecified atom stereocenters. The molecule has 0 aliphatic rings. The summed E-state index contributed by atoms with van der Waals surface area (Å²) in [5.41, 5.74) is 13.0. The predicted molar refractivity (Wildman–Crippen MR) is 66.0 cm³/mol. The summed E-state index contributed by atoms with van der Waals surface area (Å²) < 4.78 is 12.9. The van der Waals surface area contributed by atoms with Crippen molar-refractivity contribution in [3.05, 3.63) is 53.6 Å². The molecule has 0 atom stereocenters. The first-order valence-electron chi connectivity index (χ1n) is 5.36. The van der Waals surface area contributed by atoms with E-state index in [2.05, 4.69) is 4.98 Å². The second-order valence-corrected chi connectivity index (χ2v) is 3.80. The number of carbonyl (C=O) groups is 1. The molecule has 18 heavy (non-hydrogen) atoms. The summed E-state index contributed by atoms with van der Waals surface area (Å²) in [6.07, 6.45) is 1.39. The van der Waals surface area contributed by atoms with E-state index in [-0.39, 0.29) is 12.4 Å². The van der Waals surface area contributed by atoms with Gasteiger partial charge in [-0.3, -0.25) is 9.78 Å². The van der Waals surface area contributed by atoms with Crippen LogP contribution in [0.1, 0.15) is 16.1 Å². The number of nitrogens with two attached hydrogens (primary N) is 2. The lowest BCUT2D eigenvalue weighted by atomic mass is 10.00. The lowest BCUT2D eigenvalue weighted by molar-refractivity contribution is 0.100. The number of rotatable bonds is 3. The number of benzene rings is 1. The molecule has 0 bridgehead atoms. The van der Waals surface area contributed by atoms with Gasteiger partial charge in [0.25, 0.3) is 5.91 Å². The molecule has 1 amide bonds. The molecule has 4 N–H and O–H groups in total. The zero-order valence-electron chi connectivity index (χ0n) is 9.56. The Morgan fingerprint density at radius 3 is 2.50 bits per heavy atom. The molecule has 1 aromatic carbocycles. The van der Waals surface area contributed by atoms with Crippen LogP contribution in [0.25, 0.3) is 11.1 Å². The van der Waals surface area contributed by atoms with E-state index in [9.17, 15) is 9.18 Å². The monoisotopic (exact) mass is 245 g/mol. The molecule has 0 saturated carbocycles. The van der Waals surface area contributed by atoms with Crippen LogP contribution < -0.4 is 11.5 Å². The highest BCUT2D eigenvalue weighted by Crippen LogP contribution is 2.24. The second-order valence-electron chi connectivity index (χ2n) is 3.80. The van der Waals surface area contributed by atoms with Gasteiger partial charge in [0.1, 0.15) is 5.82 Å². The van der Waals surface area contributed by atoms with Gasteiger partial charge in [-0.1, -0.05) is 12.1 Å². The average Bonchev–Trinajstić information content (AvgIpc) is 2.38. The highest BCUT2D eigenvalue weighted by Gasteiger charge is 2.11.